The highest BCUT2D eigenvalue weighted by Gasteiger charge is 2.49. The molecule has 0 bridgehead atoms. The number of nitrogens with zero attached hydrogens (tertiary/aromatic N) is 1. The Morgan fingerprint density at radius 2 is 1.84 bits per heavy atom. The summed E-state index contributed by atoms with van der Waals surface area (Å²) in [5.41, 5.74) is -0.515. The number of benzene rings is 2. The van der Waals surface area contributed by atoms with Crippen LogP contribution in [-0.2, 0) is 15.8 Å². The summed E-state index contributed by atoms with van der Waals surface area (Å²) in [6, 6.07) is 14.8. The Morgan fingerprint density at radius 1 is 1.13 bits per heavy atom. The molecule has 2 aliphatic rings. The highest BCUT2D eigenvalue weighted by atomic mass is 19.4. The molecule has 164 valence electrons. The van der Waals surface area contributed by atoms with Crippen LogP contribution in [0.3, 0.4) is 0 Å². The second kappa shape index (κ2) is 8.34. The van der Waals surface area contributed by atoms with Gasteiger partial charge in [-0.3, -0.25) is 14.5 Å². The zero-order chi connectivity index (χ0) is 22.1. The Kier molecular flexibility index (Phi) is 5.75. The van der Waals surface area contributed by atoms with Gasteiger partial charge in [-0.05, 0) is 30.5 Å². The van der Waals surface area contributed by atoms with Crippen LogP contribution in [0.2, 0.25) is 0 Å². The standard InChI is InChI=1S/C23H24F3N3O2/c24-23(25,26)17-9-4-5-10-19(17)27-21(31)14-29-13-18(16-7-2-1-3-8-16)22(15-29)12-6-11-20(30)28-22/h1-5,7-10,18H,6,11-15H2,(H,27,31)(H,28,30)/t18-,22+/m0/s1. The summed E-state index contributed by atoms with van der Waals surface area (Å²) in [6.07, 6.45) is -2.49. The van der Waals surface area contributed by atoms with Crippen LogP contribution in [0.4, 0.5) is 18.9 Å². The van der Waals surface area contributed by atoms with Crippen molar-refractivity contribution in [1.82, 2.24) is 10.2 Å². The molecular weight excluding hydrogens is 407 g/mol. The number of hydrogen-bond acceptors (Lipinski definition) is 3. The molecule has 2 fully saturated rings. The number of piperidine rings is 1. The van der Waals surface area contributed by atoms with Gasteiger partial charge >= 0.3 is 6.18 Å². The van der Waals surface area contributed by atoms with Gasteiger partial charge in [0, 0.05) is 25.4 Å². The number of alkyl halides is 3. The van der Waals surface area contributed by atoms with Gasteiger partial charge in [0.25, 0.3) is 0 Å². The van der Waals surface area contributed by atoms with Crippen LogP contribution >= 0.6 is 0 Å². The molecule has 2 N–H and O–H groups in total. The average molecular weight is 431 g/mol. The molecule has 2 saturated heterocycles. The largest absolute Gasteiger partial charge is 0.418 e. The number of halogens is 3. The van der Waals surface area contributed by atoms with E-state index in [1.54, 1.807) is 0 Å². The molecule has 2 amide bonds. The lowest BCUT2D eigenvalue weighted by atomic mass is 9.76. The summed E-state index contributed by atoms with van der Waals surface area (Å²) in [5, 5.41) is 5.57. The van der Waals surface area contributed by atoms with Crippen molar-refractivity contribution in [3.05, 3.63) is 65.7 Å². The Hall–Kier alpha value is -2.87. The van der Waals surface area contributed by atoms with Gasteiger partial charge in [-0.25, -0.2) is 0 Å². The van der Waals surface area contributed by atoms with E-state index in [1.807, 2.05) is 35.2 Å². The fourth-order valence-corrected chi connectivity index (χ4v) is 4.82. The number of likely N-dealkylation sites (tertiary alicyclic amines) is 1. The van der Waals surface area contributed by atoms with E-state index in [-0.39, 0.29) is 24.1 Å². The Labute approximate surface area is 178 Å². The first-order valence-corrected chi connectivity index (χ1v) is 10.3. The maximum Gasteiger partial charge on any atom is 0.418 e. The second-order valence-corrected chi connectivity index (χ2v) is 8.28. The van der Waals surface area contributed by atoms with Gasteiger partial charge in [0.1, 0.15) is 0 Å². The lowest BCUT2D eigenvalue weighted by Gasteiger charge is -2.39. The van der Waals surface area contributed by atoms with Crippen molar-refractivity contribution in [1.29, 1.82) is 0 Å². The topological polar surface area (TPSA) is 61.4 Å². The number of para-hydroxylation sites is 1. The van der Waals surface area contributed by atoms with Crippen molar-refractivity contribution in [2.45, 2.75) is 36.9 Å². The summed E-state index contributed by atoms with van der Waals surface area (Å²) >= 11 is 0. The van der Waals surface area contributed by atoms with Crippen LogP contribution in [0.25, 0.3) is 0 Å². The van der Waals surface area contributed by atoms with Crippen LogP contribution < -0.4 is 10.6 Å². The number of nitrogens with one attached hydrogen (secondary N) is 2. The van der Waals surface area contributed by atoms with Crippen molar-refractivity contribution >= 4 is 17.5 Å². The van der Waals surface area contributed by atoms with Crippen molar-refractivity contribution in [2.75, 3.05) is 25.0 Å². The van der Waals surface area contributed by atoms with Crippen LogP contribution in [0.15, 0.2) is 54.6 Å². The van der Waals surface area contributed by atoms with E-state index >= 15 is 0 Å². The molecule has 2 aliphatic heterocycles. The lowest BCUT2D eigenvalue weighted by Crippen LogP contribution is -2.56. The summed E-state index contributed by atoms with van der Waals surface area (Å²) < 4.78 is 39.6. The van der Waals surface area contributed by atoms with Crippen molar-refractivity contribution in [3.8, 4) is 0 Å². The maximum atomic E-state index is 13.2. The van der Waals surface area contributed by atoms with Crippen LogP contribution in [0.1, 0.15) is 36.3 Å². The first-order valence-electron chi connectivity index (χ1n) is 10.3. The van der Waals surface area contributed by atoms with E-state index in [4.69, 9.17) is 0 Å². The van der Waals surface area contributed by atoms with E-state index in [0.717, 1.165) is 24.5 Å². The number of rotatable bonds is 4. The zero-order valence-corrected chi connectivity index (χ0v) is 16.9. The van der Waals surface area contributed by atoms with Crippen LogP contribution in [0.5, 0.6) is 0 Å². The van der Waals surface area contributed by atoms with Gasteiger partial charge in [0.2, 0.25) is 11.8 Å². The van der Waals surface area contributed by atoms with Crippen LogP contribution in [-0.4, -0.2) is 41.9 Å². The minimum atomic E-state index is -4.55. The van der Waals surface area contributed by atoms with Gasteiger partial charge in [-0.15, -0.1) is 0 Å². The average Bonchev–Trinajstić information content (AvgIpc) is 3.04. The molecular formula is C23H24F3N3O2. The smallest absolute Gasteiger partial charge is 0.349 e. The molecule has 31 heavy (non-hydrogen) atoms. The molecule has 8 heteroatoms. The maximum absolute atomic E-state index is 13.2. The second-order valence-electron chi connectivity index (χ2n) is 8.28. The Balaban J connectivity index is 1.51. The Morgan fingerprint density at radius 3 is 2.55 bits per heavy atom. The molecule has 0 aliphatic carbocycles. The summed E-state index contributed by atoms with van der Waals surface area (Å²) in [4.78, 5) is 26.7. The quantitative estimate of drug-likeness (QED) is 0.775. The number of amides is 2. The number of carbonyl (C=O) groups excluding carboxylic acids is 2. The summed E-state index contributed by atoms with van der Waals surface area (Å²) in [5.74, 6) is -0.506. The third-order valence-electron chi connectivity index (χ3n) is 6.10. The molecule has 0 radical (unpaired) electrons. The molecule has 5 nitrogen and oxygen atoms in total. The van der Waals surface area contributed by atoms with Gasteiger partial charge in [-0.1, -0.05) is 42.5 Å². The Bertz CT molecular complexity index is 964. The lowest BCUT2D eigenvalue weighted by molar-refractivity contribution is -0.137. The molecule has 2 heterocycles. The SMILES string of the molecule is O=C(CN1C[C@@H](c2ccccc2)[C@@]2(CCCC(=O)N2)C1)Nc1ccccc1C(F)(F)F. The van der Waals surface area contributed by atoms with E-state index in [1.165, 1.54) is 18.2 Å². The highest BCUT2D eigenvalue weighted by molar-refractivity contribution is 5.93. The number of anilines is 1. The first kappa shape index (κ1) is 21.4. The van der Waals surface area contributed by atoms with Gasteiger partial charge in [0.15, 0.2) is 0 Å². The van der Waals surface area contributed by atoms with E-state index in [0.29, 0.717) is 19.5 Å². The summed E-state index contributed by atoms with van der Waals surface area (Å²) in [7, 11) is 0. The van der Waals surface area contributed by atoms with E-state index in [2.05, 4.69) is 10.6 Å². The number of carbonyl (C=O) groups is 2. The van der Waals surface area contributed by atoms with Crippen molar-refractivity contribution in [2.24, 2.45) is 0 Å². The molecule has 1 spiro atoms. The minimum absolute atomic E-state index is 0.00223. The molecule has 0 saturated carbocycles. The fraction of sp³-hybridized carbons (Fsp3) is 0.391. The van der Waals surface area contributed by atoms with Gasteiger partial charge in [-0.2, -0.15) is 13.2 Å². The molecule has 0 unspecified atom stereocenters. The van der Waals surface area contributed by atoms with Crippen molar-refractivity contribution < 1.29 is 22.8 Å². The van der Waals surface area contributed by atoms with Gasteiger partial charge in [0.05, 0.1) is 23.3 Å². The van der Waals surface area contributed by atoms with E-state index in [9.17, 15) is 22.8 Å². The monoisotopic (exact) mass is 431 g/mol. The third-order valence-corrected chi connectivity index (χ3v) is 6.10. The minimum Gasteiger partial charge on any atom is -0.349 e. The normalized spacial score (nSPS) is 24.2. The predicted molar refractivity (Wildman–Crippen MR) is 110 cm³/mol. The van der Waals surface area contributed by atoms with Crippen molar-refractivity contribution in [3.63, 3.8) is 0 Å². The zero-order valence-electron chi connectivity index (χ0n) is 16.9. The molecule has 2 atom stereocenters. The molecule has 2 aromatic carbocycles. The first-order chi connectivity index (χ1) is 14.8. The summed E-state index contributed by atoms with van der Waals surface area (Å²) in [6.45, 7) is 0.971. The highest BCUT2D eigenvalue weighted by Crippen LogP contribution is 2.41. The molecule has 0 aromatic heterocycles. The molecule has 4 rings (SSSR count). The fourth-order valence-electron chi connectivity index (χ4n) is 4.82. The number of hydrogen-bond donors (Lipinski definition) is 2. The van der Waals surface area contributed by atoms with Gasteiger partial charge < -0.3 is 10.6 Å². The molecule has 2 aromatic rings. The van der Waals surface area contributed by atoms with Crippen LogP contribution in [0, 0.1) is 0 Å². The van der Waals surface area contributed by atoms with E-state index < -0.39 is 23.2 Å². The predicted octanol–water partition coefficient (Wildman–Crippen LogP) is 3.78. The third kappa shape index (κ3) is 4.58.